The average Bonchev–Trinajstić information content (AvgIpc) is 2.84. The molecule has 1 aliphatic rings. The van der Waals surface area contributed by atoms with E-state index < -0.39 is 0 Å². The van der Waals surface area contributed by atoms with Gasteiger partial charge in [0.25, 0.3) is 0 Å². The van der Waals surface area contributed by atoms with Crippen molar-refractivity contribution in [2.75, 3.05) is 25.0 Å². The first kappa shape index (κ1) is 15.1. The Hall–Kier alpha value is -2.32. The molecule has 2 rings (SSSR count). The van der Waals surface area contributed by atoms with Gasteiger partial charge in [-0.25, -0.2) is 0 Å². The molecule has 1 saturated heterocycles. The van der Waals surface area contributed by atoms with Crippen LogP contribution >= 0.6 is 0 Å². The molecular weight excluding hydrogens is 266 g/mol. The van der Waals surface area contributed by atoms with Crippen LogP contribution < -0.4 is 11.1 Å². The topological polar surface area (TPSA) is 75.4 Å². The fourth-order valence-electron chi connectivity index (χ4n) is 2.27. The molecule has 0 spiro atoms. The number of hydrogen-bond acceptors (Lipinski definition) is 3. The maximum Gasteiger partial charge on any atom is 0.244 e. The molecule has 2 amide bonds. The SMILES string of the molecule is Cc1cc(C#CCN)ccc1NC(=O)CN1CCCC1=O. The summed E-state index contributed by atoms with van der Waals surface area (Å²) in [5.74, 6) is 5.62. The Bertz CT molecular complexity index is 614. The van der Waals surface area contributed by atoms with E-state index in [2.05, 4.69) is 17.2 Å². The Balaban J connectivity index is 1.99. The monoisotopic (exact) mass is 285 g/mol. The van der Waals surface area contributed by atoms with E-state index in [0.717, 1.165) is 23.2 Å². The summed E-state index contributed by atoms with van der Waals surface area (Å²) in [5.41, 5.74) is 7.87. The molecular formula is C16H19N3O2. The first-order valence-electron chi connectivity index (χ1n) is 6.97. The second-order valence-electron chi connectivity index (χ2n) is 5.00. The van der Waals surface area contributed by atoms with E-state index in [1.165, 1.54) is 0 Å². The predicted molar refractivity (Wildman–Crippen MR) is 81.6 cm³/mol. The molecule has 3 N–H and O–H groups in total. The van der Waals surface area contributed by atoms with Crippen molar-refractivity contribution in [2.45, 2.75) is 19.8 Å². The minimum atomic E-state index is -0.172. The predicted octanol–water partition coefficient (Wildman–Crippen LogP) is 0.866. The first-order chi connectivity index (χ1) is 10.1. The molecule has 5 heteroatoms. The minimum Gasteiger partial charge on any atom is -0.333 e. The molecule has 1 aliphatic heterocycles. The van der Waals surface area contributed by atoms with Gasteiger partial charge in [-0.2, -0.15) is 0 Å². The number of anilines is 1. The Kier molecular flexibility index (Phi) is 4.96. The van der Waals surface area contributed by atoms with E-state index in [9.17, 15) is 9.59 Å². The smallest absolute Gasteiger partial charge is 0.244 e. The van der Waals surface area contributed by atoms with Gasteiger partial charge in [0, 0.05) is 24.2 Å². The van der Waals surface area contributed by atoms with E-state index in [0.29, 0.717) is 19.5 Å². The van der Waals surface area contributed by atoms with Crippen LogP contribution in [0.3, 0.4) is 0 Å². The lowest BCUT2D eigenvalue weighted by molar-refractivity contribution is -0.131. The molecule has 0 aromatic heterocycles. The summed E-state index contributed by atoms with van der Waals surface area (Å²) in [6.45, 7) is 3.01. The van der Waals surface area contributed by atoms with Gasteiger partial charge in [0.1, 0.15) is 0 Å². The number of rotatable bonds is 3. The summed E-state index contributed by atoms with van der Waals surface area (Å²) in [6, 6.07) is 5.56. The van der Waals surface area contributed by atoms with Gasteiger partial charge in [0.2, 0.25) is 11.8 Å². The third-order valence-corrected chi connectivity index (χ3v) is 3.34. The van der Waals surface area contributed by atoms with Gasteiger partial charge >= 0.3 is 0 Å². The molecule has 0 aliphatic carbocycles. The minimum absolute atomic E-state index is 0.0503. The molecule has 0 unspecified atom stereocenters. The van der Waals surface area contributed by atoms with Crippen LogP contribution in [0.1, 0.15) is 24.0 Å². The van der Waals surface area contributed by atoms with Crippen LogP contribution in [-0.4, -0.2) is 36.3 Å². The maximum atomic E-state index is 12.0. The number of amides is 2. The Labute approximate surface area is 124 Å². The zero-order valence-corrected chi connectivity index (χ0v) is 12.1. The second kappa shape index (κ2) is 6.91. The molecule has 1 aromatic carbocycles. The van der Waals surface area contributed by atoms with Crippen molar-refractivity contribution in [3.05, 3.63) is 29.3 Å². The molecule has 1 fully saturated rings. The number of aryl methyl sites for hydroxylation is 1. The molecule has 0 radical (unpaired) electrons. The summed E-state index contributed by atoms with van der Waals surface area (Å²) in [5, 5.41) is 2.84. The number of benzene rings is 1. The largest absolute Gasteiger partial charge is 0.333 e. The van der Waals surface area contributed by atoms with Crippen molar-refractivity contribution in [3.63, 3.8) is 0 Å². The standard InChI is InChI=1S/C16H19N3O2/c1-12-10-13(4-2-8-17)6-7-14(12)18-15(20)11-19-9-3-5-16(19)21/h6-7,10H,3,5,8-9,11,17H2,1H3,(H,18,20). The Morgan fingerprint density at radius 2 is 2.29 bits per heavy atom. The molecule has 1 heterocycles. The number of nitrogens with one attached hydrogen (secondary N) is 1. The highest BCUT2D eigenvalue weighted by Crippen LogP contribution is 2.16. The van der Waals surface area contributed by atoms with Gasteiger partial charge in [-0.1, -0.05) is 11.8 Å². The normalized spacial score (nSPS) is 13.8. The average molecular weight is 285 g/mol. The zero-order chi connectivity index (χ0) is 15.2. The lowest BCUT2D eigenvalue weighted by Crippen LogP contribution is -2.34. The molecule has 0 saturated carbocycles. The fraction of sp³-hybridized carbons (Fsp3) is 0.375. The van der Waals surface area contributed by atoms with Crippen molar-refractivity contribution in [2.24, 2.45) is 5.73 Å². The summed E-state index contributed by atoms with van der Waals surface area (Å²) in [4.78, 5) is 25.1. The molecule has 110 valence electrons. The van der Waals surface area contributed by atoms with E-state index in [4.69, 9.17) is 5.73 Å². The first-order valence-corrected chi connectivity index (χ1v) is 6.97. The van der Waals surface area contributed by atoms with Gasteiger partial charge in [-0.05, 0) is 37.1 Å². The lowest BCUT2D eigenvalue weighted by atomic mass is 10.1. The third-order valence-electron chi connectivity index (χ3n) is 3.34. The Morgan fingerprint density at radius 1 is 1.48 bits per heavy atom. The fourth-order valence-corrected chi connectivity index (χ4v) is 2.27. The quantitative estimate of drug-likeness (QED) is 0.809. The van der Waals surface area contributed by atoms with E-state index in [1.54, 1.807) is 4.90 Å². The van der Waals surface area contributed by atoms with Crippen LogP contribution in [0.2, 0.25) is 0 Å². The summed E-state index contributed by atoms with van der Waals surface area (Å²) < 4.78 is 0. The van der Waals surface area contributed by atoms with Crippen LogP contribution in [0.25, 0.3) is 0 Å². The molecule has 5 nitrogen and oxygen atoms in total. The summed E-state index contributed by atoms with van der Waals surface area (Å²) in [6.07, 6.45) is 1.38. The van der Waals surface area contributed by atoms with E-state index in [1.807, 2.05) is 25.1 Å². The van der Waals surface area contributed by atoms with Crippen molar-refractivity contribution in [3.8, 4) is 11.8 Å². The summed E-state index contributed by atoms with van der Waals surface area (Å²) >= 11 is 0. The van der Waals surface area contributed by atoms with Gasteiger partial charge in [-0.15, -0.1) is 0 Å². The number of nitrogens with zero attached hydrogens (tertiary/aromatic N) is 1. The van der Waals surface area contributed by atoms with Crippen LogP contribution in [0.4, 0.5) is 5.69 Å². The van der Waals surface area contributed by atoms with Crippen LogP contribution in [0, 0.1) is 18.8 Å². The maximum absolute atomic E-state index is 12.0. The van der Waals surface area contributed by atoms with E-state index in [-0.39, 0.29) is 18.4 Å². The van der Waals surface area contributed by atoms with Gasteiger partial charge < -0.3 is 16.0 Å². The Morgan fingerprint density at radius 3 is 2.90 bits per heavy atom. The lowest BCUT2D eigenvalue weighted by Gasteiger charge is -2.15. The molecule has 0 bridgehead atoms. The van der Waals surface area contributed by atoms with Crippen LogP contribution in [0.5, 0.6) is 0 Å². The highest BCUT2D eigenvalue weighted by Gasteiger charge is 2.22. The molecule has 21 heavy (non-hydrogen) atoms. The van der Waals surface area contributed by atoms with E-state index >= 15 is 0 Å². The van der Waals surface area contributed by atoms with Gasteiger partial charge in [0.15, 0.2) is 0 Å². The number of nitrogens with two attached hydrogens (primary N) is 1. The van der Waals surface area contributed by atoms with Crippen molar-refractivity contribution < 1.29 is 9.59 Å². The highest BCUT2D eigenvalue weighted by molar-refractivity contribution is 5.95. The molecule has 0 atom stereocenters. The van der Waals surface area contributed by atoms with Crippen LogP contribution in [-0.2, 0) is 9.59 Å². The summed E-state index contributed by atoms with van der Waals surface area (Å²) in [7, 11) is 0. The van der Waals surface area contributed by atoms with Crippen molar-refractivity contribution >= 4 is 17.5 Å². The number of carbonyl (C=O) groups is 2. The number of hydrogen-bond donors (Lipinski definition) is 2. The third kappa shape index (κ3) is 4.07. The zero-order valence-electron chi connectivity index (χ0n) is 12.1. The number of likely N-dealkylation sites (tertiary alicyclic amines) is 1. The molecule has 1 aromatic rings. The number of carbonyl (C=O) groups excluding carboxylic acids is 2. The van der Waals surface area contributed by atoms with Crippen molar-refractivity contribution in [1.29, 1.82) is 0 Å². The highest BCUT2D eigenvalue weighted by atomic mass is 16.2. The second-order valence-corrected chi connectivity index (χ2v) is 5.00. The van der Waals surface area contributed by atoms with Gasteiger partial charge in [0.05, 0.1) is 13.1 Å². The van der Waals surface area contributed by atoms with Crippen LogP contribution in [0.15, 0.2) is 18.2 Å². The van der Waals surface area contributed by atoms with Crippen molar-refractivity contribution in [1.82, 2.24) is 4.90 Å². The van der Waals surface area contributed by atoms with Gasteiger partial charge in [-0.3, -0.25) is 9.59 Å².